The highest BCUT2D eigenvalue weighted by Gasteiger charge is 2.26. The summed E-state index contributed by atoms with van der Waals surface area (Å²) in [6, 6.07) is 11.6. The number of nitrogens with one attached hydrogen (secondary N) is 1. The summed E-state index contributed by atoms with van der Waals surface area (Å²) in [5, 5.41) is 4.18. The van der Waals surface area contributed by atoms with E-state index in [0.717, 1.165) is 11.1 Å². The third-order valence-electron chi connectivity index (χ3n) is 5.07. The van der Waals surface area contributed by atoms with Crippen LogP contribution in [-0.4, -0.2) is 37.8 Å². The van der Waals surface area contributed by atoms with E-state index < -0.39 is 15.9 Å². The van der Waals surface area contributed by atoms with E-state index in [9.17, 15) is 13.2 Å². The molecule has 1 N–H and O–H groups in total. The number of rotatable bonds is 8. The Hall–Kier alpha value is -3.33. The van der Waals surface area contributed by atoms with Gasteiger partial charge >= 0.3 is 0 Å². The average Bonchev–Trinajstić information content (AvgIpc) is 3.26. The number of carbonyl (C=O) groups is 1. The molecule has 0 saturated carbocycles. The Labute approximate surface area is 194 Å². The van der Waals surface area contributed by atoms with Crippen LogP contribution in [0.1, 0.15) is 49.2 Å². The molecule has 0 bridgehead atoms. The molecule has 0 atom stereocenters. The van der Waals surface area contributed by atoms with E-state index in [2.05, 4.69) is 9.82 Å². The second kappa shape index (κ2) is 9.66. The van der Waals surface area contributed by atoms with Crippen molar-refractivity contribution in [3.05, 3.63) is 71.5 Å². The van der Waals surface area contributed by atoms with Crippen molar-refractivity contribution in [2.24, 2.45) is 0 Å². The van der Waals surface area contributed by atoms with Crippen molar-refractivity contribution in [3.63, 3.8) is 0 Å². The molecule has 1 amide bonds. The van der Waals surface area contributed by atoms with Crippen LogP contribution in [-0.2, 0) is 22.0 Å². The van der Waals surface area contributed by atoms with Crippen molar-refractivity contribution in [3.8, 4) is 11.5 Å². The maximum Gasteiger partial charge on any atom is 0.268 e. The summed E-state index contributed by atoms with van der Waals surface area (Å²) in [4.78, 5) is 12.8. The first-order chi connectivity index (χ1) is 15.5. The van der Waals surface area contributed by atoms with Crippen molar-refractivity contribution in [2.45, 2.75) is 44.6 Å². The molecule has 0 unspecified atom stereocenters. The van der Waals surface area contributed by atoms with E-state index in [4.69, 9.17) is 9.47 Å². The number of methoxy groups -OCH3 is 1. The topological polar surface area (TPSA) is 99.5 Å². The smallest absolute Gasteiger partial charge is 0.268 e. The van der Waals surface area contributed by atoms with Gasteiger partial charge in [-0.1, -0.05) is 32.9 Å². The Bertz CT molecular complexity index is 1230. The number of benzene rings is 2. The predicted molar refractivity (Wildman–Crippen MR) is 125 cm³/mol. The summed E-state index contributed by atoms with van der Waals surface area (Å²) in [5.41, 5.74) is 1.51. The average molecular weight is 472 g/mol. The lowest BCUT2D eigenvalue weighted by Gasteiger charge is -2.21. The van der Waals surface area contributed by atoms with Crippen LogP contribution in [0.2, 0.25) is 0 Å². The number of hydrogen-bond acceptors (Lipinski definition) is 6. The Morgan fingerprint density at radius 3 is 2.48 bits per heavy atom. The normalized spacial score (nSPS) is 11.8. The summed E-state index contributed by atoms with van der Waals surface area (Å²) in [5.74, 6) is -0.108. The molecule has 0 spiro atoms. The predicted octanol–water partition coefficient (Wildman–Crippen LogP) is 3.75. The molecule has 0 radical (unpaired) electrons. The fourth-order valence-corrected chi connectivity index (χ4v) is 4.44. The van der Waals surface area contributed by atoms with Crippen LogP contribution in [0.5, 0.6) is 11.5 Å². The molecular weight excluding hydrogens is 442 g/mol. The van der Waals surface area contributed by atoms with Gasteiger partial charge in [-0.3, -0.25) is 9.48 Å². The van der Waals surface area contributed by atoms with Crippen LogP contribution in [0, 0.1) is 0 Å². The molecule has 9 heteroatoms. The monoisotopic (exact) mass is 471 g/mol. The minimum atomic E-state index is -4.19. The lowest BCUT2D eigenvalue weighted by molar-refractivity contribution is 0.0981. The summed E-state index contributed by atoms with van der Waals surface area (Å²) in [6.45, 7) is 8.62. The summed E-state index contributed by atoms with van der Waals surface area (Å²) in [7, 11) is -2.80. The summed E-state index contributed by atoms with van der Waals surface area (Å²) >= 11 is 0. The van der Waals surface area contributed by atoms with Crippen LogP contribution >= 0.6 is 0 Å². The number of carbonyl (C=O) groups excluding carboxylic acids is 1. The molecule has 33 heavy (non-hydrogen) atoms. The van der Waals surface area contributed by atoms with Gasteiger partial charge in [0.15, 0.2) is 0 Å². The Kier molecular flexibility index (Phi) is 7.12. The molecule has 0 aliphatic rings. The molecule has 0 saturated heterocycles. The van der Waals surface area contributed by atoms with Gasteiger partial charge in [-0.2, -0.15) is 5.10 Å². The Morgan fingerprint density at radius 1 is 1.12 bits per heavy atom. The highest BCUT2D eigenvalue weighted by molar-refractivity contribution is 7.90. The molecule has 1 aromatic heterocycles. The fourth-order valence-electron chi connectivity index (χ4n) is 3.27. The third kappa shape index (κ3) is 5.73. The summed E-state index contributed by atoms with van der Waals surface area (Å²) < 4.78 is 41.0. The zero-order valence-corrected chi connectivity index (χ0v) is 20.3. The van der Waals surface area contributed by atoms with E-state index in [0.29, 0.717) is 18.9 Å². The van der Waals surface area contributed by atoms with E-state index in [-0.39, 0.29) is 21.6 Å². The van der Waals surface area contributed by atoms with E-state index in [1.807, 2.05) is 46.0 Å². The van der Waals surface area contributed by atoms with Crippen molar-refractivity contribution in [1.29, 1.82) is 0 Å². The number of ether oxygens (including phenoxy) is 2. The minimum absolute atomic E-state index is 0.0916. The largest absolute Gasteiger partial charge is 0.495 e. The standard InChI is InChI=1S/C24H29N3O5S/c1-6-32-21-14-17(8-9-18(21)16-27-13-7-12-25-27)23(28)26-33(29,30)22-15-19(24(2,3)4)10-11-20(22)31-5/h7-15H,6,16H2,1-5H3,(H,26,28). The van der Waals surface area contributed by atoms with Crippen LogP contribution in [0.3, 0.4) is 0 Å². The highest BCUT2D eigenvalue weighted by Crippen LogP contribution is 2.31. The molecule has 3 aromatic rings. The maximum absolute atomic E-state index is 13.1. The molecule has 0 fully saturated rings. The van der Waals surface area contributed by atoms with Gasteiger partial charge in [0.2, 0.25) is 0 Å². The number of hydrogen-bond donors (Lipinski definition) is 1. The Balaban J connectivity index is 1.91. The zero-order valence-electron chi connectivity index (χ0n) is 19.5. The van der Waals surface area contributed by atoms with Gasteiger partial charge in [0.25, 0.3) is 15.9 Å². The molecule has 2 aromatic carbocycles. The second-order valence-electron chi connectivity index (χ2n) is 8.51. The lowest BCUT2D eigenvalue weighted by Crippen LogP contribution is -2.31. The van der Waals surface area contributed by atoms with Crippen molar-refractivity contribution in [1.82, 2.24) is 14.5 Å². The van der Waals surface area contributed by atoms with Crippen molar-refractivity contribution in [2.75, 3.05) is 13.7 Å². The fraction of sp³-hybridized carbons (Fsp3) is 0.333. The van der Waals surface area contributed by atoms with E-state index in [1.54, 1.807) is 29.1 Å². The van der Waals surface area contributed by atoms with Gasteiger partial charge < -0.3 is 9.47 Å². The van der Waals surface area contributed by atoms with Crippen LogP contribution in [0.15, 0.2) is 59.8 Å². The first-order valence-corrected chi connectivity index (χ1v) is 12.0. The van der Waals surface area contributed by atoms with Gasteiger partial charge in [-0.25, -0.2) is 13.1 Å². The molecule has 8 nitrogen and oxygen atoms in total. The van der Waals surface area contributed by atoms with Gasteiger partial charge in [-0.05, 0) is 48.2 Å². The molecule has 176 valence electrons. The number of sulfonamides is 1. The van der Waals surface area contributed by atoms with Gasteiger partial charge in [0.1, 0.15) is 16.4 Å². The van der Waals surface area contributed by atoms with Crippen LogP contribution in [0.25, 0.3) is 0 Å². The van der Waals surface area contributed by atoms with E-state index in [1.165, 1.54) is 19.2 Å². The van der Waals surface area contributed by atoms with Crippen molar-refractivity contribution >= 4 is 15.9 Å². The SMILES string of the molecule is CCOc1cc(C(=O)NS(=O)(=O)c2cc(C(C)(C)C)ccc2OC)ccc1Cn1cccn1. The number of aromatic nitrogens is 2. The molecule has 0 aliphatic heterocycles. The Morgan fingerprint density at radius 2 is 1.88 bits per heavy atom. The van der Waals surface area contributed by atoms with Gasteiger partial charge in [0.05, 0.1) is 20.3 Å². The highest BCUT2D eigenvalue weighted by atomic mass is 32.2. The minimum Gasteiger partial charge on any atom is -0.495 e. The first kappa shape index (κ1) is 24.3. The molecule has 3 rings (SSSR count). The van der Waals surface area contributed by atoms with Gasteiger partial charge in [0, 0.05) is 23.5 Å². The van der Waals surface area contributed by atoms with Crippen LogP contribution < -0.4 is 14.2 Å². The zero-order chi connectivity index (χ0) is 24.2. The van der Waals surface area contributed by atoms with Gasteiger partial charge in [-0.15, -0.1) is 0 Å². The maximum atomic E-state index is 13.1. The number of nitrogens with zero attached hydrogens (tertiary/aromatic N) is 2. The molecule has 1 heterocycles. The second-order valence-corrected chi connectivity index (χ2v) is 10.2. The quantitative estimate of drug-likeness (QED) is 0.537. The molecule has 0 aliphatic carbocycles. The number of amides is 1. The van der Waals surface area contributed by atoms with E-state index >= 15 is 0 Å². The molecular formula is C24H29N3O5S. The van der Waals surface area contributed by atoms with Crippen LogP contribution in [0.4, 0.5) is 0 Å². The van der Waals surface area contributed by atoms with Crippen molar-refractivity contribution < 1.29 is 22.7 Å². The third-order valence-corrected chi connectivity index (χ3v) is 6.42. The first-order valence-electron chi connectivity index (χ1n) is 10.5. The summed E-state index contributed by atoms with van der Waals surface area (Å²) in [6.07, 6.45) is 3.50. The lowest BCUT2D eigenvalue weighted by atomic mass is 9.87.